The van der Waals surface area contributed by atoms with Crippen molar-refractivity contribution in [2.45, 2.75) is 91.5 Å². The van der Waals surface area contributed by atoms with Gasteiger partial charge in [-0.15, -0.1) is 0 Å². The summed E-state index contributed by atoms with van der Waals surface area (Å²) in [5, 5.41) is 4.29. The van der Waals surface area contributed by atoms with Gasteiger partial charge in [0.25, 0.3) is 0 Å². The molecule has 4 heteroatoms. The number of fused-ring (bicyclic) bond motifs is 5. The van der Waals surface area contributed by atoms with Crippen LogP contribution in [-0.2, 0) is 9.26 Å². The van der Waals surface area contributed by atoms with Gasteiger partial charge < -0.3 is 9.26 Å². The van der Waals surface area contributed by atoms with Crippen molar-refractivity contribution in [3.63, 3.8) is 0 Å². The van der Waals surface area contributed by atoms with Crippen LogP contribution in [-0.4, -0.2) is 27.2 Å². The van der Waals surface area contributed by atoms with Gasteiger partial charge in [0.05, 0.1) is 5.71 Å². The van der Waals surface area contributed by atoms with Gasteiger partial charge in [-0.2, -0.15) is 0 Å². The molecule has 29 heavy (non-hydrogen) atoms. The molecule has 162 valence electrons. The molecule has 0 radical (unpaired) electrons. The first kappa shape index (κ1) is 21.4. The van der Waals surface area contributed by atoms with Crippen molar-refractivity contribution in [1.29, 1.82) is 0 Å². The van der Waals surface area contributed by atoms with Gasteiger partial charge in [0.2, 0.25) is 0 Å². The van der Waals surface area contributed by atoms with Gasteiger partial charge in [0.15, 0.2) is 8.32 Å². The molecule has 0 amide bonds. The van der Waals surface area contributed by atoms with Crippen LogP contribution in [0.5, 0.6) is 0 Å². The highest BCUT2D eigenvalue weighted by atomic mass is 28.4. The predicted molar refractivity (Wildman–Crippen MR) is 124 cm³/mol. The second-order valence-corrected chi connectivity index (χ2v) is 16.0. The van der Waals surface area contributed by atoms with Gasteiger partial charge in [0, 0.05) is 6.10 Å². The summed E-state index contributed by atoms with van der Waals surface area (Å²) < 4.78 is 6.52. The zero-order chi connectivity index (χ0) is 21.0. The van der Waals surface area contributed by atoms with Crippen molar-refractivity contribution < 1.29 is 9.26 Å². The van der Waals surface area contributed by atoms with Crippen molar-refractivity contribution in [3.8, 4) is 0 Å². The zero-order valence-electron chi connectivity index (χ0n) is 19.7. The molecule has 4 aliphatic carbocycles. The minimum atomic E-state index is -1.47. The number of allylic oxidation sites excluding steroid dienone is 3. The zero-order valence-corrected chi connectivity index (χ0v) is 20.7. The van der Waals surface area contributed by atoms with E-state index in [9.17, 15) is 0 Å². The molecule has 4 rings (SSSR count). The van der Waals surface area contributed by atoms with E-state index in [1.54, 1.807) is 12.7 Å². The van der Waals surface area contributed by atoms with E-state index in [0.717, 1.165) is 23.5 Å². The molecule has 0 heterocycles. The Hall–Kier alpha value is -0.873. The lowest BCUT2D eigenvalue weighted by Gasteiger charge is -2.58. The normalized spacial score (nSPS) is 42.4. The molecule has 0 saturated heterocycles. The average Bonchev–Trinajstić information content (AvgIpc) is 2.98. The molecule has 0 N–H and O–H groups in total. The minimum absolute atomic E-state index is 0.271. The highest BCUT2D eigenvalue weighted by molar-refractivity contribution is 6.69. The summed E-state index contributed by atoms with van der Waals surface area (Å²) in [6, 6.07) is 0. The molecular weight excluding hydrogens is 374 g/mol. The summed E-state index contributed by atoms with van der Waals surface area (Å²) in [4.78, 5) is 5.11. The molecule has 0 unspecified atom stereocenters. The molecule has 0 spiro atoms. The fourth-order valence-electron chi connectivity index (χ4n) is 7.54. The molecule has 0 aromatic heterocycles. The minimum Gasteiger partial charge on any atom is -0.414 e. The van der Waals surface area contributed by atoms with Crippen molar-refractivity contribution in [3.05, 3.63) is 23.3 Å². The molecule has 2 saturated carbocycles. The van der Waals surface area contributed by atoms with E-state index >= 15 is 0 Å². The van der Waals surface area contributed by atoms with Gasteiger partial charge in [0.1, 0.15) is 7.11 Å². The third-order valence-electron chi connectivity index (χ3n) is 8.78. The molecule has 6 atom stereocenters. The molecular formula is C25H41NO2Si. The first-order valence-electron chi connectivity index (χ1n) is 11.7. The smallest absolute Gasteiger partial charge is 0.184 e. The van der Waals surface area contributed by atoms with Gasteiger partial charge in [-0.05, 0) is 106 Å². The van der Waals surface area contributed by atoms with Crippen LogP contribution in [0.15, 0.2) is 28.5 Å². The Morgan fingerprint density at radius 2 is 1.76 bits per heavy atom. The monoisotopic (exact) mass is 415 g/mol. The summed E-state index contributed by atoms with van der Waals surface area (Å²) in [5.74, 6) is 2.39. The maximum absolute atomic E-state index is 6.52. The number of oxime groups is 1. The van der Waals surface area contributed by atoms with Gasteiger partial charge in [-0.25, -0.2) is 0 Å². The van der Waals surface area contributed by atoms with E-state index in [2.05, 4.69) is 57.7 Å². The maximum Gasteiger partial charge on any atom is 0.184 e. The summed E-state index contributed by atoms with van der Waals surface area (Å²) >= 11 is 0. The fourth-order valence-corrected chi connectivity index (χ4v) is 8.74. The molecule has 3 nitrogen and oxygen atoms in total. The lowest BCUT2D eigenvalue weighted by molar-refractivity contribution is -0.0262. The Morgan fingerprint density at radius 1 is 1.03 bits per heavy atom. The molecule has 0 aromatic carbocycles. The first-order chi connectivity index (χ1) is 13.6. The predicted octanol–water partition coefficient (Wildman–Crippen LogP) is 6.73. The van der Waals surface area contributed by atoms with Crippen LogP contribution in [0.4, 0.5) is 0 Å². The van der Waals surface area contributed by atoms with Crippen molar-refractivity contribution in [2.24, 2.45) is 33.7 Å². The van der Waals surface area contributed by atoms with Crippen LogP contribution in [0.1, 0.15) is 65.7 Å². The van der Waals surface area contributed by atoms with Crippen LogP contribution in [0.2, 0.25) is 19.6 Å². The van der Waals surface area contributed by atoms with E-state index in [4.69, 9.17) is 9.26 Å². The summed E-state index contributed by atoms with van der Waals surface area (Å²) in [6.07, 6.45) is 14.4. The molecule has 2 fully saturated rings. The largest absolute Gasteiger partial charge is 0.414 e. The number of nitrogens with zero attached hydrogens (tertiary/aromatic N) is 1. The Morgan fingerprint density at radius 3 is 2.45 bits per heavy atom. The Labute approximate surface area is 179 Å². The van der Waals surface area contributed by atoms with E-state index in [-0.39, 0.29) is 5.41 Å². The lowest BCUT2D eigenvalue weighted by Crippen LogP contribution is -2.51. The van der Waals surface area contributed by atoms with Crippen molar-refractivity contribution in [2.75, 3.05) is 7.11 Å². The van der Waals surface area contributed by atoms with Crippen LogP contribution >= 0.6 is 0 Å². The quantitative estimate of drug-likeness (QED) is 0.221. The maximum atomic E-state index is 6.52. The average molecular weight is 416 g/mol. The van der Waals surface area contributed by atoms with E-state index in [1.807, 2.05) is 0 Å². The number of hydrogen-bond acceptors (Lipinski definition) is 3. The summed E-state index contributed by atoms with van der Waals surface area (Å²) in [5.41, 5.74) is 4.92. The first-order valence-corrected chi connectivity index (χ1v) is 15.2. The number of rotatable bonds is 4. The summed E-state index contributed by atoms with van der Waals surface area (Å²) in [6.45, 7) is 14.2. The SMILES string of the molecule is CO/N=C(\C)C1=CC[C@H]2[C@@H]3CC=C4C[C@@H](O[Si](C)(C)C)CC[C@]4(C)[C@H]3CC[C@]12C. The Bertz CT molecular complexity index is 748. The lowest BCUT2D eigenvalue weighted by atomic mass is 9.47. The summed E-state index contributed by atoms with van der Waals surface area (Å²) in [7, 11) is 0.190. The third-order valence-corrected chi connectivity index (χ3v) is 9.82. The van der Waals surface area contributed by atoms with E-state index < -0.39 is 8.32 Å². The molecule has 0 bridgehead atoms. The Balaban J connectivity index is 1.56. The number of hydrogen-bond donors (Lipinski definition) is 0. The topological polar surface area (TPSA) is 30.8 Å². The van der Waals surface area contributed by atoms with Gasteiger partial charge in [-0.1, -0.05) is 36.7 Å². The Kier molecular flexibility index (Phi) is 5.43. The van der Waals surface area contributed by atoms with Crippen LogP contribution < -0.4 is 0 Å². The second kappa shape index (κ2) is 7.37. The van der Waals surface area contributed by atoms with E-state index in [1.165, 1.54) is 50.5 Å². The van der Waals surface area contributed by atoms with Crippen LogP contribution in [0, 0.1) is 28.6 Å². The fraction of sp³-hybridized carbons (Fsp3) is 0.800. The highest BCUT2D eigenvalue weighted by Crippen LogP contribution is 2.65. The van der Waals surface area contributed by atoms with Crippen molar-refractivity contribution in [1.82, 2.24) is 0 Å². The van der Waals surface area contributed by atoms with Crippen LogP contribution in [0.25, 0.3) is 0 Å². The second-order valence-electron chi connectivity index (χ2n) is 11.5. The van der Waals surface area contributed by atoms with Crippen LogP contribution in [0.3, 0.4) is 0 Å². The van der Waals surface area contributed by atoms with E-state index in [0.29, 0.717) is 11.5 Å². The van der Waals surface area contributed by atoms with Gasteiger partial charge in [-0.3, -0.25) is 0 Å². The molecule has 0 aliphatic heterocycles. The standard InChI is InChI=1S/C25H41NO2Si/c1-17(26-27-4)21-10-11-22-20-9-8-18-16-19(28-29(5,6)7)12-14-24(18,2)23(20)13-15-25(21,22)3/h8,10,19-20,22-23H,9,11-16H2,1-7H3/b26-17+/t19-,20-,22-,23-,24-,25+/m0/s1. The third kappa shape index (κ3) is 3.58. The molecule has 4 aliphatic rings. The molecule has 0 aromatic rings. The van der Waals surface area contributed by atoms with Gasteiger partial charge >= 0.3 is 0 Å². The highest BCUT2D eigenvalue weighted by Gasteiger charge is 2.57. The van der Waals surface area contributed by atoms with Crippen molar-refractivity contribution >= 4 is 14.0 Å².